The average Bonchev–Trinajstić information content (AvgIpc) is 2.51. The summed E-state index contributed by atoms with van der Waals surface area (Å²) in [6.07, 6.45) is -0.357. The molecule has 0 aliphatic rings. The maximum Gasteiger partial charge on any atom is 3.00 e. The maximum absolute atomic E-state index is 10.6. The first-order valence-electron chi connectivity index (χ1n) is 10.7. The minimum atomic E-state index is -1.29. The van der Waals surface area contributed by atoms with E-state index >= 15 is 0 Å². The number of carbonyl (C=O) groups is 6. The predicted molar refractivity (Wildman–Crippen MR) is 115 cm³/mol. The Kier molecular flexibility index (Phi) is 34.3. The molecule has 1 radical (unpaired) electrons. The molecule has 195 valence electrons. The van der Waals surface area contributed by atoms with Gasteiger partial charge in [0.2, 0.25) is 0 Å². The summed E-state index contributed by atoms with van der Waals surface area (Å²) in [4.78, 5) is 61.5. The van der Waals surface area contributed by atoms with Gasteiger partial charge in [-0.1, -0.05) is 41.5 Å². The summed E-state index contributed by atoms with van der Waals surface area (Å²) in [6, 6.07) is 0. The molecule has 0 saturated carbocycles. The van der Waals surface area contributed by atoms with Crippen LogP contribution >= 0.6 is 0 Å². The van der Waals surface area contributed by atoms with Gasteiger partial charge in [0.1, 0.15) is 17.3 Å². The van der Waals surface area contributed by atoms with Crippen molar-refractivity contribution >= 4 is 35.3 Å². The Labute approximate surface area is 221 Å². The normalized spacial score (nSPS) is 9.26. The number of carbonyl (C=O) groups excluding carboxylic acids is 6. The number of carboxylic acids is 3. The van der Waals surface area contributed by atoms with Gasteiger partial charge in [-0.05, 0) is 24.7 Å². The van der Waals surface area contributed by atoms with Crippen LogP contribution in [0.2, 0.25) is 0 Å². The van der Waals surface area contributed by atoms with E-state index in [4.69, 9.17) is 5.11 Å². The number of aliphatic hydroxyl groups excluding tert-OH is 1. The van der Waals surface area contributed by atoms with E-state index in [0.717, 1.165) is 0 Å². The number of aliphatic hydroxyl groups is 1. The molecule has 0 aromatic heterocycles. The van der Waals surface area contributed by atoms with E-state index in [1.807, 2.05) is 41.5 Å². The van der Waals surface area contributed by atoms with Gasteiger partial charge in [-0.2, -0.15) is 0 Å². The summed E-state index contributed by atoms with van der Waals surface area (Å²) in [5.74, 6) is -3.94. The van der Waals surface area contributed by atoms with Gasteiger partial charge >= 0.3 is 26.2 Å². The second-order valence-corrected chi connectivity index (χ2v) is 8.37. The smallest absolute Gasteiger partial charge is 0.550 e. The monoisotopic (exact) mass is 565 g/mol. The van der Waals surface area contributed by atoms with Crippen LogP contribution in [0.25, 0.3) is 0 Å². The van der Waals surface area contributed by atoms with Crippen LogP contribution in [0.4, 0.5) is 0 Å². The fourth-order valence-corrected chi connectivity index (χ4v) is 2.07. The Balaban J connectivity index is -0.000000115. The molecule has 0 amide bonds. The van der Waals surface area contributed by atoms with Gasteiger partial charge in [-0.15, -0.1) is 0 Å². The molecule has 0 unspecified atom stereocenters. The van der Waals surface area contributed by atoms with E-state index < -0.39 is 37.2 Å². The van der Waals surface area contributed by atoms with Gasteiger partial charge in [0.05, 0.1) is 0 Å². The molecule has 0 bridgehead atoms. The third kappa shape index (κ3) is 52.3. The summed E-state index contributed by atoms with van der Waals surface area (Å²) in [7, 11) is 0. The second kappa shape index (κ2) is 27.5. The van der Waals surface area contributed by atoms with Crippen molar-refractivity contribution in [2.75, 3.05) is 6.61 Å². The first kappa shape index (κ1) is 42.4. The Hall–Kier alpha value is -1.74. The van der Waals surface area contributed by atoms with Crippen LogP contribution in [0.1, 0.15) is 87.0 Å². The zero-order valence-electron chi connectivity index (χ0n) is 21.3. The Morgan fingerprint density at radius 3 is 0.794 bits per heavy atom. The van der Waals surface area contributed by atoms with E-state index in [1.54, 1.807) is 6.92 Å². The molecule has 0 heterocycles. The number of carboxylic acid groups (broad SMARTS) is 3. The van der Waals surface area contributed by atoms with E-state index in [1.165, 1.54) is 0 Å². The van der Waals surface area contributed by atoms with E-state index in [0.29, 0.717) is 19.3 Å². The van der Waals surface area contributed by atoms with Crippen LogP contribution in [0.3, 0.4) is 0 Å². The summed E-state index contributed by atoms with van der Waals surface area (Å²) >= 11 is 0. The average molecular weight is 567 g/mol. The molecule has 0 spiro atoms. The van der Waals surface area contributed by atoms with Crippen LogP contribution in [-0.4, -0.2) is 47.0 Å². The van der Waals surface area contributed by atoms with Crippen molar-refractivity contribution in [2.24, 2.45) is 17.8 Å². The van der Waals surface area contributed by atoms with Gasteiger partial charge in [0.25, 0.3) is 0 Å². The number of aliphatic carboxylic acids is 3. The molecule has 0 atom stereocenters. The van der Waals surface area contributed by atoms with Crippen LogP contribution < -0.4 is 15.3 Å². The minimum Gasteiger partial charge on any atom is -0.550 e. The summed E-state index contributed by atoms with van der Waals surface area (Å²) in [5, 5.41) is 37.1. The molecule has 10 nitrogen and oxygen atoms in total. The summed E-state index contributed by atoms with van der Waals surface area (Å²) in [5.41, 5.74) is 0. The van der Waals surface area contributed by atoms with Gasteiger partial charge in [-0.3, -0.25) is 14.4 Å². The van der Waals surface area contributed by atoms with Crippen molar-refractivity contribution < 1.29 is 75.4 Å². The quantitative estimate of drug-likeness (QED) is 0.293. The molecule has 1 N–H and O–H groups in total. The first-order valence-corrected chi connectivity index (χ1v) is 10.7. The van der Waals surface area contributed by atoms with E-state index in [2.05, 4.69) is 0 Å². The molecule has 11 heteroatoms. The largest absolute Gasteiger partial charge is 3.00 e. The topological polar surface area (TPSA) is 192 Å². The number of ketones is 3. The second-order valence-electron chi connectivity index (χ2n) is 8.37. The third-order valence-electron chi connectivity index (χ3n) is 2.93. The number of hydrogen-bond acceptors (Lipinski definition) is 10. The van der Waals surface area contributed by atoms with Crippen molar-refractivity contribution in [1.29, 1.82) is 0 Å². The van der Waals surface area contributed by atoms with E-state index in [-0.39, 0.29) is 67.9 Å². The van der Waals surface area contributed by atoms with Crippen molar-refractivity contribution in [3.05, 3.63) is 0 Å². The van der Waals surface area contributed by atoms with Crippen molar-refractivity contribution in [3.8, 4) is 0 Å². The van der Waals surface area contributed by atoms with Crippen LogP contribution in [0.15, 0.2) is 0 Å². The van der Waals surface area contributed by atoms with Gasteiger partial charge < -0.3 is 34.8 Å². The molecular formula is C23H39O10Zr. The van der Waals surface area contributed by atoms with Gasteiger partial charge in [0, 0.05) is 63.0 Å². The third-order valence-corrected chi connectivity index (χ3v) is 2.93. The molecule has 0 aliphatic heterocycles. The number of Topliss-reactive ketones (excluding diaryl/α,β-unsaturated/α-hetero) is 3. The molecule has 0 fully saturated rings. The fourth-order valence-electron chi connectivity index (χ4n) is 2.07. The summed E-state index contributed by atoms with van der Waals surface area (Å²) in [6.45, 7) is 13.1. The standard InChI is InChI=1S/3C7H12O3.C2H6O.Zr/c3*1-5(2)3-6(8)4-7(9)10;1-2-3;/h3*5H,3-4H2,1-2H3,(H,9,10);3H,2H2,1H3;/q;;;;+3/p-3. The molecular weight excluding hydrogens is 527 g/mol. The molecule has 0 aliphatic carbocycles. The first-order chi connectivity index (χ1) is 15.0. The maximum atomic E-state index is 10.6. The van der Waals surface area contributed by atoms with Crippen LogP contribution in [-0.2, 0) is 55.0 Å². The van der Waals surface area contributed by atoms with Gasteiger partial charge in [-0.25, -0.2) is 0 Å². The zero-order chi connectivity index (χ0) is 27.1. The summed E-state index contributed by atoms with van der Waals surface area (Å²) < 4.78 is 0. The predicted octanol–water partition coefficient (Wildman–Crippen LogP) is -0.779. The zero-order valence-corrected chi connectivity index (χ0v) is 23.8. The Morgan fingerprint density at radius 1 is 0.559 bits per heavy atom. The minimum absolute atomic E-state index is 0. The molecule has 34 heavy (non-hydrogen) atoms. The fraction of sp³-hybridized carbons (Fsp3) is 0.739. The Bertz CT molecular complexity index is 518. The van der Waals surface area contributed by atoms with E-state index in [9.17, 15) is 44.1 Å². The van der Waals surface area contributed by atoms with Gasteiger partial charge in [0.15, 0.2) is 0 Å². The molecule has 0 aromatic rings. The SMILES string of the molecule is CC(C)CC(=O)CC(=O)[O-].CC(C)CC(=O)CC(=O)[O-].CC(C)CC(=O)CC(=O)[O-].CCO.[Zr+3]. The molecule has 0 aromatic carbocycles. The molecule has 0 rings (SSSR count). The van der Waals surface area contributed by atoms with Crippen molar-refractivity contribution in [3.63, 3.8) is 0 Å². The van der Waals surface area contributed by atoms with Crippen molar-refractivity contribution in [2.45, 2.75) is 87.0 Å². The Morgan fingerprint density at radius 2 is 0.706 bits per heavy atom. The number of rotatable bonds is 12. The van der Waals surface area contributed by atoms with Crippen LogP contribution in [0.5, 0.6) is 0 Å². The van der Waals surface area contributed by atoms with Crippen LogP contribution in [0, 0.1) is 17.8 Å². The number of hydrogen-bond donors (Lipinski definition) is 1. The molecule has 0 saturated heterocycles. The van der Waals surface area contributed by atoms with Crippen molar-refractivity contribution in [1.82, 2.24) is 0 Å².